The molecule has 3 aromatic rings. The van der Waals surface area contributed by atoms with E-state index in [4.69, 9.17) is 0 Å². The summed E-state index contributed by atoms with van der Waals surface area (Å²) < 4.78 is 0. The molecule has 3 heteroatoms. The Hall–Kier alpha value is -2.42. The van der Waals surface area contributed by atoms with Crippen molar-refractivity contribution in [1.29, 1.82) is 0 Å². The molecule has 0 aliphatic heterocycles. The zero-order valence-corrected chi connectivity index (χ0v) is 9.00. The van der Waals surface area contributed by atoms with E-state index in [-0.39, 0.29) is 5.88 Å². The predicted octanol–water partition coefficient (Wildman–Crippen LogP) is 2.37. The molecule has 0 radical (unpaired) electrons. The Labute approximate surface area is 98.4 Å². The SMILES string of the molecule is [O-]c1nc(-c2ccccc2)nc2ccccc12. The van der Waals surface area contributed by atoms with Gasteiger partial charge in [-0.25, -0.2) is 9.97 Å². The van der Waals surface area contributed by atoms with Crippen LogP contribution < -0.4 is 5.11 Å². The second-order valence-corrected chi connectivity index (χ2v) is 3.74. The van der Waals surface area contributed by atoms with E-state index in [2.05, 4.69) is 9.97 Å². The summed E-state index contributed by atoms with van der Waals surface area (Å²) in [5, 5.41) is 12.4. The maximum absolute atomic E-state index is 11.8. The van der Waals surface area contributed by atoms with Gasteiger partial charge in [0, 0.05) is 10.9 Å². The molecule has 0 spiro atoms. The van der Waals surface area contributed by atoms with Crippen molar-refractivity contribution in [2.24, 2.45) is 0 Å². The van der Waals surface area contributed by atoms with Gasteiger partial charge in [0.15, 0.2) is 5.82 Å². The van der Waals surface area contributed by atoms with Gasteiger partial charge in [-0.15, -0.1) is 0 Å². The van der Waals surface area contributed by atoms with Crippen LogP contribution in [0.2, 0.25) is 0 Å². The molecule has 0 amide bonds. The molecule has 0 atom stereocenters. The lowest BCUT2D eigenvalue weighted by molar-refractivity contribution is -0.272. The second-order valence-electron chi connectivity index (χ2n) is 3.74. The number of para-hydroxylation sites is 1. The average Bonchev–Trinajstić information content (AvgIpc) is 2.40. The van der Waals surface area contributed by atoms with E-state index in [1.54, 1.807) is 6.07 Å². The molecular weight excluding hydrogens is 212 g/mol. The van der Waals surface area contributed by atoms with Crippen molar-refractivity contribution >= 4 is 10.9 Å². The smallest absolute Gasteiger partial charge is 0.159 e. The Morgan fingerprint density at radius 2 is 1.47 bits per heavy atom. The Balaban J connectivity index is 2.26. The van der Waals surface area contributed by atoms with Gasteiger partial charge >= 0.3 is 0 Å². The molecule has 0 aliphatic carbocycles. The largest absolute Gasteiger partial charge is 0.858 e. The van der Waals surface area contributed by atoms with E-state index >= 15 is 0 Å². The Morgan fingerprint density at radius 3 is 2.29 bits per heavy atom. The highest BCUT2D eigenvalue weighted by molar-refractivity contribution is 5.84. The fraction of sp³-hybridized carbons (Fsp3) is 0. The highest BCUT2D eigenvalue weighted by Crippen LogP contribution is 2.23. The fourth-order valence-corrected chi connectivity index (χ4v) is 1.76. The van der Waals surface area contributed by atoms with Gasteiger partial charge in [-0.2, -0.15) is 0 Å². The summed E-state index contributed by atoms with van der Waals surface area (Å²) >= 11 is 0. The standard InChI is InChI=1S/C14H10N2O/c17-14-11-8-4-5-9-12(11)15-13(16-14)10-6-2-1-3-7-10/h1-9H,(H,15,16,17)/p-1. The maximum atomic E-state index is 11.8. The lowest BCUT2D eigenvalue weighted by Crippen LogP contribution is -1.99. The Bertz CT molecular complexity index is 665. The van der Waals surface area contributed by atoms with Crippen LogP contribution in [0, 0.1) is 0 Å². The van der Waals surface area contributed by atoms with Crippen molar-refractivity contribution in [3.05, 3.63) is 54.6 Å². The van der Waals surface area contributed by atoms with Gasteiger partial charge in [-0.1, -0.05) is 48.5 Å². The number of aromatic nitrogens is 2. The lowest BCUT2D eigenvalue weighted by Gasteiger charge is -2.10. The zero-order valence-electron chi connectivity index (χ0n) is 9.00. The van der Waals surface area contributed by atoms with Crippen molar-refractivity contribution in [2.75, 3.05) is 0 Å². The molecule has 1 aromatic heterocycles. The molecule has 1 heterocycles. The molecular formula is C14H9N2O-. The molecule has 3 nitrogen and oxygen atoms in total. The van der Waals surface area contributed by atoms with Crippen LogP contribution in [0.1, 0.15) is 0 Å². The van der Waals surface area contributed by atoms with Crippen LogP contribution in [-0.2, 0) is 0 Å². The van der Waals surface area contributed by atoms with Crippen molar-refractivity contribution in [3.8, 4) is 17.3 Å². The Kier molecular flexibility index (Phi) is 2.22. The number of rotatable bonds is 1. The minimum absolute atomic E-state index is 0.227. The number of nitrogens with zero attached hydrogens (tertiary/aromatic N) is 2. The third-order valence-electron chi connectivity index (χ3n) is 2.60. The molecule has 0 saturated carbocycles. The molecule has 3 rings (SSSR count). The van der Waals surface area contributed by atoms with Crippen LogP contribution in [0.25, 0.3) is 22.3 Å². The van der Waals surface area contributed by atoms with Gasteiger partial charge in [0.2, 0.25) is 0 Å². The molecule has 0 N–H and O–H groups in total. The summed E-state index contributed by atoms with van der Waals surface area (Å²) in [4.78, 5) is 8.40. The summed E-state index contributed by atoms with van der Waals surface area (Å²) in [6.45, 7) is 0. The minimum Gasteiger partial charge on any atom is -0.858 e. The monoisotopic (exact) mass is 221 g/mol. The van der Waals surface area contributed by atoms with E-state index in [1.807, 2.05) is 48.5 Å². The first-order valence-electron chi connectivity index (χ1n) is 5.34. The lowest BCUT2D eigenvalue weighted by atomic mass is 10.2. The first kappa shape index (κ1) is 9.78. The molecule has 2 aromatic carbocycles. The van der Waals surface area contributed by atoms with E-state index in [9.17, 15) is 5.11 Å². The van der Waals surface area contributed by atoms with E-state index in [0.29, 0.717) is 16.7 Å². The van der Waals surface area contributed by atoms with E-state index < -0.39 is 0 Å². The topological polar surface area (TPSA) is 48.8 Å². The first-order valence-corrected chi connectivity index (χ1v) is 5.34. The number of benzene rings is 2. The van der Waals surface area contributed by atoms with Crippen LogP contribution in [0.15, 0.2) is 54.6 Å². The quantitative estimate of drug-likeness (QED) is 0.633. The normalized spacial score (nSPS) is 10.6. The summed E-state index contributed by atoms with van der Waals surface area (Å²) in [5.41, 5.74) is 1.54. The highest BCUT2D eigenvalue weighted by atomic mass is 16.3. The van der Waals surface area contributed by atoms with Gasteiger partial charge in [0.1, 0.15) is 0 Å². The van der Waals surface area contributed by atoms with Gasteiger partial charge in [-0.3, -0.25) is 0 Å². The van der Waals surface area contributed by atoms with Crippen molar-refractivity contribution < 1.29 is 5.11 Å². The van der Waals surface area contributed by atoms with Crippen molar-refractivity contribution in [3.63, 3.8) is 0 Å². The maximum Gasteiger partial charge on any atom is 0.159 e. The van der Waals surface area contributed by atoms with Crippen LogP contribution in [0.5, 0.6) is 5.88 Å². The summed E-state index contributed by atoms with van der Waals surface area (Å²) in [7, 11) is 0. The van der Waals surface area contributed by atoms with Crippen molar-refractivity contribution in [2.45, 2.75) is 0 Å². The summed E-state index contributed by atoms with van der Waals surface area (Å²) in [6.07, 6.45) is 0. The zero-order chi connectivity index (χ0) is 11.7. The summed E-state index contributed by atoms with van der Waals surface area (Å²) in [5.74, 6) is 0.253. The Morgan fingerprint density at radius 1 is 0.765 bits per heavy atom. The minimum atomic E-state index is -0.227. The van der Waals surface area contributed by atoms with Crippen LogP contribution in [0.4, 0.5) is 0 Å². The van der Waals surface area contributed by atoms with Gasteiger partial charge in [0.25, 0.3) is 0 Å². The predicted molar refractivity (Wildman–Crippen MR) is 64.4 cm³/mol. The van der Waals surface area contributed by atoms with E-state index in [0.717, 1.165) is 5.56 Å². The number of hydrogen-bond acceptors (Lipinski definition) is 3. The molecule has 0 unspecified atom stereocenters. The molecule has 0 bridgehead atoms. The molecule has 0 aliphatic rings. The van der Waals surface area contributed by atoms with Crippen LogP contribution in [0.3, 0.4) is 0 Å². The first-order chi connectivity index (χ1) is 8.34. The van der Waals surface area contributed by atoms with Gasteiger partial charge in [-0.05, 0) is 11.9 Å². The van der Waals surface area contributed by atoms with Gasteiger partial charge < -0.3 is 5.11 Å². The third kappa shape index (κ3) is 1.72. The van der Waals surface area contributed by atoms with Crippen molar-refractivity contribution in [1.82, 2.24) is 9.97 Å². The molecule has 0 fully saturated rings. The van der Waals surface area contributed by atoms with E-state index in [1.165, 1.54) is 0 Å². The van der Waals surface area contributed by atoms with Crippen LogP contribution >= 0.6 is 0 Å². The average molecular weight is 221 g/mol. The number of fused-ring (bicyclic) bond motifs is 1. The van der Waals surface area contributed by atoms with Crippen LogP contribution in [-0.4, -0.2) is 9.97 Å². The fourth-order valence-electron chi connectivity index (χ4n) is 1.76. The highest BCUT2D eigenvalue weighted by Gasteiger charge is 2.03. The molecule has 0 saturated heterocycles. The molecule has 82 valence electrons. The number of hydrogen-bond donors (Lipinski definition) is 0. The third-order valence-corrected chi connectivity index (χ3v) is 2.60. The van der Waals surface area contributed by atoms with Gasteiger partial charge in [0.05, 0.1) is 5.52 Å². The summed E-state index contributed by atoms with van der Waals surface area (Å²) in [6, 6.07) is 16.8. The second kappa shape index (κ2) is 3.87. The molecule has 17 heavy (non-hydrogen) atoms.